The number of nitrogens with one attached hydrogen (secondary N) is 3. The van der Waals surface area contributed by atoms with Crippen molar-refractivity contribution in [1.29, 1.82) is 0 Å². The van der Waals surface area contributed by atoms with Crippen LogP contribution in [0.4, 0.5) is 24.5 Å². The molecule has 11 heteroatoms. The molecule has 0 bridgehead atoms. The Morgan fingerprint density at radius 1 is 1.26 bits per heavy atom. The number of amides is 2. The van der Waals surface area contributed by atoms with Crippen LogP contribution in [0.25, 0.3) is 0 Å². The van der Waals surface area contributed by atoms with Gasteiger partial charge in [0, 0.05) is 24.7 Å². The quantitative estimate of drug-likeness (QED) is 0.573. The number of carbonyl (C=O) groups excluding carboxylic acids is 2. The molecular formula is C24H23F3N4O4. The standard InChI is InChI=1S/C24H23F3N4O4/c1-15-4-6-18(16(11-15)3-2-9-31-10-8-28-22(32)14-31)30-23(33)21-13-29-19-12-17(35-24(25,26)27)5-7-20(19)34-21/h4-7,11-12,21,29H,8-10,13-14H2,1H3,(H,28,32)(H,30,33). The van der Waals surface area contributed by atoms with Crippen LogP contribution in [-0.4, -0.2) is 61.9 Å². The summed E-state index contributed by atoms with van der Waals surface area (Å²) in [6.07, 6.45) is -5.71. The van der Waals surface area contributed by atoms with E-state index in [0.29, 0.717) is 36.6 Å². The molecule has 8 nitrogen and oxygen atoms in total. The lowest BCUT2D eigenvalue weighted by Gasteiger charge is -2.27. The van der Waals surface area contributed by atoms with E-state index >= 15 is 0 Å². The molecule has 3 N–H and O–H groups in total. The van der Waals surface area contributed by atoms with E-state index < -0.39 is 18.4 Å². The number of benzene rings is 2. The number of ether oxygens (including phenoxy) is 2. The van der Waals surface area contributed by atoms with Gasteiger partial charge in [-0.2, -0.15) is 0 Å². The van der Waals surface area contributed by atoms with Crippen molar-refractivity contribution in [2.75, 3.05) is 43.4 Å². The maximum absolute atomic E-state index is 12.9. The summed E-state index contributed by atoms with van der Waals surface area (Å²) in [6, 6.07) is 9.03. The number of nitrogens with zero attached hydrogens (tertiary/aromatic N) is 1. The topological polar surface area (TPSA) is 91.9 Å². The van der Waals surface area contributed by atoms with Gasteiger partial charge in [0.2, 0.25) is 5.91 Å². The van der Waals surface area contributed by atoms with Gasteiger partial charge in [-0.1, -0.05) is 17.9 Å². The Morgan fingerprint density at radius 2 is 2.09 bits per heavy atom. The summed E-state index contributed by atoms with van der Waals surface area (Å²) in [6.45, 7) is 3.98. The molecule has 4 rings (SSSR count). The first-order valence-electron chi connectivity index (χ1n) is 10.9. The van der Waals surface area contributed by atoms with Gasteiger partial charge in [0.05, 0.1) is 31.0 Å². The molecule has 2 aromatic rings. The monoisotopic (exact) mass is 488 g/mol. The molecule has 2 heterocycles. The number of piperazine rings is 1. The zero-order valence-electron chi connectivity index (χ0n) is 18.8. The molecule has 0 saturated carbocycles. The zero-order chi connectivity index (χ0) is 25.0. The van der Waals surface area contributed by atoms with Gasteiger partial charge in [0.25, 0.3) is 5.91 Å². The molecule has 1 unspecified atom stereocenters. The number of carbonyl (C=O) groups is 2. The minimum absolute atomic E-state index is 0.0340. The average Bonchev–Trinajstić information content (AvgIpc) is 2.79. The number of halogens is 3. The number of anilines is 2. The summed E-state index contributed by atoms with van der Waals surface area (Å²) in [5, 5.41) is 8.49. The predicted octanol–water partition coefficient (Wildman–Crippen LogP) is 2.49. The fourth-order valence-electron chi connectivity index (χ4n) is 3.65. The van der Waals surface area contributed by atoms with E-state index in [1.165, 1.54) is 6.07 Å². The fourth-order valence-corrected chi connectivity index (χ4v) is 3.65. The second-order valence-electron chi connectivity index (χ2n) is 8.09. The van der Waals surface area contributed by atoms with Gasteiger partial charge in [0.1, 0.15) is 11.5 Å². The number of hydrogen-bond donors (Lipinski definition) is 3. The van der Waals surface area contributed by atoms with Crippen LogP contribution in [0, 0.1) is 18.8 Å². The smallest absolute Gasteiger partial charge is 0.477 e. The lowest BCUT2D eigenvalue weighted by molar-refractivity contribution is -0.274. The van der Waals surface area contributed by atoms with E-state index in [4.69, 9.17) is 4.74 Å². The van der Waals surface area contributed by atoms with Crippen molar-refractivity contribution in [3.05, 3.63) is 47.5 Å². The SMILES string of the molecule is Cc1ccc(NC(=O)C2CNc3cc(OC(F)(F)F)ccc3O2)c(C#CCN2CCNC(=O)C2)c1. The maximum atomic E-state index is 12.9. The molecule has 35 heavy (non-hydrogen) atoms. The van der Waals surface area contributed by atoms with Crippen LogP contribution < -0.4 is 25.4 Å². The molecule has 1 fully saturated rings. The van der Waals surface area contributed by atoms with Crippen molar-refractivity contribution >= 4 is 23.2 Å². The van der Waals surface area contributed by atoms with Crippen molar-refractivity contribution in [3.8, 4) is 23.3 Å². The fraction of sp³-hybridized carbons (Fsp3) is 0.333. The Bertz CT molecular complexity index is 1190. The molecule has 0 radical (unpaired) electrons. The van der Waals surface area contributed by atoms with E-state index in [-0.39, 0.29) is 24.0 Å². The van der Waals surface area contributed by atoms with Crippen LogP contribution in [-0.2, 0) is 9.59 Å². The van der Waals surface area contributed by atoms with Crippen molar-refractivity contribution < 1.29 is 32.2 Å². The molecule has 0 aliphatic carbocycles. The first-order valence-corrected chi connectivity index (χ1v) is 10.9. The van der Waals surface area contributed by atoms with Gasteiger partial charge in [-0.3, -0.25) is 14.5 Å². The minimum Gasteiger partial charge on any atom is -0.477 e. The van der Waals surface area contributed by atoms with Crippen LogP contribution in [0.3, 0.4) is 0 Å². The Hall–Kier alpha value is -3.91. The largest absolute Gasteiger partial charge is 0.573 e. The van der Waals surface area contributed by atoms with Crippen molar-refractivity contribution in [3.63, 3.8) is 0 Å². The van der Waals surface area contributed by atoms with E-state index in [1.807, 2.05) is 24.0 Å². The second-order valence-corrected chi connectivity index (χ2v) is 8.09. The molecule has 0 spiro atoms. The van der Waals surface area contributed by atoms with Crippen LogP contribution in [0.1, 0.15) is 11.1 Å². The van der Waals surface area contributed by atoms with Gasteiger partial charge in [-0.05, 0) is 36.8 Å². The lowest BCUT2D eigenvalue weighted by Crippen LogP contribution is -2.47. The average molecular weight is 488 g/mol. The Labute approximate surface area is 199 Å². The maximum Gasteiger partial charge on any atom is 0.573 e. The van der Waals surface area contributed by atoms with Crippen molar-refractivity contribution in [1.82, 2.24) is 10.2 Å². The zero-order valence-corrected chi connectivity index (χ0v) is 18.8. The summed E-state index contributed by atoms with van der Waals surface area (Å²) >= 11 is 0. The molecule has 2 amide bonds. The van der Waals surface area contributed by atoms with E-state index in [2.05, 4.69) is 32.5 Å². The van der Waals surface area contributed by atoms with Crippen LogP contribution in [0.2, 0.25) is 0 Å². The molecule has 184 valence electrons. The molecule has 2 aliphatic heterocycles. The summed E-state index contributed by atoms with van der Waals surface area (Å²) in [4.78, 5) is 26.3. The summed E-state index contributed by atoms with van der Waals surface area (Å²) in [5.41, 5.74) is 2.39. The Balaban J connectivity index is 1.41. The third-order valence-electron chi connectivity index (χ3n) is 5.30. The van der Waals surface area contributed by atoms with Gasteiger partial charge < -0.3 is 25.4 Å². The number of aryl methyl sites for hydroxylation is 1. The first kappa shape index (κ1) is 24.2. The highest BCUT2D eigenvalue weighted by Gasteiger charge is 2.32. The second kappa shape index (κ2) is 10.1. The third-order valence-corrected chi connectivity index (χ3v) is 5.30. The highest BCUT2D eigenvalue weighted by molar-refractivity contribution is 5.96. The molecular weight excluding hydrogens is 465 g/mol. The van der Waals surface area contributed by atoms with Gasteiger partial charge >= 0.3 is 6.36 Å². The number of alkyl halides is 3. The number of hydrogen-bond acceptors (Lipinski definition) is 6. The lowest BCUT2D eigenvalue weighted by atomic mass is 10.1. The summed E-state index contributed by atoms with van der Waals surface area (Å²) in [5.74, 6) is 5.51. The van der Waals surface area contributed by atoms with Gasteiger partial charge in [-0.15, -0.1) is 13.2 Å². The third kappa shape index (κ3) is 6.58. The predicted molar refractivity (Wildman–Crippen MR) is 122 cm³/mol. The number of fused-ring (bicyclic) bond motifs is 1. The van der Waals surface area contributed by atoms with Crippen molar-refractivity contribution in [2.45, 2.75) is 19.4 Å². The minimum atomic E-state index is -4.80. The Kier molecular flexibility index (Phi) is 7.02. The summed E-state index contributed by atoms with van der Waals surface area (Å²) < 4.78 is 46.9. The number of rotatable bonds is 4. The van der Waals surface area contributed by atoms with E-state index in [0.717, 1.165) is 24.2 Å². The normalized spacial score (nSPS) is 17.6. The molecule has 2 aromatic carbocycles. The van der Waals surface area contributed by atoms with Gasteiger partial charge in [-0.25, -0.2) is 0 Å². The summed E-state index contributed by atoms with van der Waals surface area (Å²) in [7, 11) is 0. The van der Waals surface area contributed by atoms with Crippen LogP contribution >= 0.6 is 0 Å². The van der Waals surface area contributed by atoms with Crippen LogP contribution in [0.5, 0.6) is 11.5 Å². The van der Waals surface area contributed by atoms with Gasteiger partial charge in [0.15, 0.2) is 6.10 Å². The highest BCUT2D eigenvalue weighted by atomic mass is 19.4. The first-order chi connectivity index (χ1) is 16.7. The van der Waals surface area contributed by atoms with Crippen molar-refractivity contribution in [2.24, 2.45) is 0 Å². The van der Waals surface area contributed by atoms with Crippen LogP contribution in [0.15, 0.2) is 36.4 Å². The Morgan fingerprint density at radius 3 is 2.86 bits per heavy atom. The molecule has 1 saturated heterocycles. The van der Waals surface area contributed by atoms with E-state index in [9.17, 15) is 22.8 Å². The van der Waals surface area contributed by atoms with E-state index in [1.54, 1.807) is 6.07 Å². The molecule has 2 aliphatic rings. The molecule has 1 atom stereocenters. The molecule has 0 aromatic heterocycles. The highest BCUT2D eigenvalue weighted by Crippen LogP contribution is 2.35.